The summed E-state index contributed by atoms with van der Waals surface area (Å²) < 4.78 is 64.2. The number of hydrogen-bond acceptors (Lipinski definition) is 5. The molecule has 1 saturated heterocycles. The molecule has 1 fully saturated rings. The van der Waals surface area contributed by atoms with Crippen molar-refractivity contribution in [3.05, 3.63) is 24.0 Å². The number of hydrogen-bond donors (Lipinski definition) is 2. The Hall–Kier alpha value is -0.940. The van der Waals surface area contributed by atoms with Crippen molar-refractivity contribution in [3.8, 4) is 0 Å². The van der Waals surface area contributed by atoms with E-state index in [9.17, 15) is 21.2 Å². The number of nitrogens with one attached hydrogen (secondary N) is 1. The summed E-state index contributed by atoms with van der Waals surface area (Å²) in [5.41, 5.74) is 5.47. The van der Waals surface area contributed by atoms with E-state index in [4.69, 9.17) is 5.73 Å². The van der Waals surface area contributed by atoms with Crippen LogP contribution < -0.4 is 10.5 Å². The Bertz CT molecular complexity index is 771. The van der Waals surface area contributed by atoms with Gasteiger partial charge in [0.1, 0.15) is 5.82 Å². The lowest BCUT2D eigenvalue weighted by atomic mass is 10.1. The smallest absolute Gasteiger partial charge is 0.243 e. The number of benzene rings is 1. The summed E-state index contributed by atoms with van der Waals surface area (Å²) in [7, 11) is -7.48. The standard InChI is InChI=1S/C12H18FN3O4S2.ClH/c1-21(17,18)15-12-5-4-10(7-11(12)13)22(19,20)16-6-2-3-9(14)8-16;/h4-5,7,9,15H,2-3,6,8,14H2,1H3;1H. The van der Waals surface area contributed by atoms with E-state index in [1.54, 1.807) is 0 Å². The summed E-state index contributed by atoms with van der Waals surface area (Å²) in [6.45, 7) is 0.522. The van der Waals surface area contributed by atoms with Crippen molar-refractivity contribution in [1.29, 1.82) is 0 Å². The van der Waals surface area contributed by atoms with Crippen molar-refractivity contribution in [2.75, 3.05) is 24.1 Å². The molecule has 0 aliphatic carbocycles. The molecule has 1 atom stereocenters. The summed E-state index contributed by atoms with van der Waals surface area (Å²) in [6, 6.07) is 2.84. The predicted molar refractivity (Wildman–Crippen MR) is 88.1 cm³/mol. The molecular weight excluding hydrogens is 369 g/mol. The van der Waals surface area contributed by atoms with Crippen LogP contribution in [0.5, 0.6) is 0 Å². The van der Waals surface area contributed by atoms with Gasteiger partial charge in [0.05, 0.1) is 16.8 Å². The number of sulfonamides is 2. The third-order valence-electron chi connectivity index (χ3n) is 3.29. The fourth-order valence-corrected chi connectivity index (χ4v) is 4.39. The molecule has 2 rings (SSSR count). The van der Waals surface area contributed by atoms with Crippen LogP contribution >= 0.6 is 12.4 Å². The molecule has 1 heterocycles. The fourth-order valence-electron chi connectivity index (χ4n) is 2.28. The molecule has 132 valence electrons. The van der Waals surface area contributed by atoms with E-state index in [2.05, 4.69) is 0 Å². The van der Waals surface area contributed by atoms with Gasteiger partial charge in [0.15, 0.2) is 0 Å². The lowest BCUT2D eigenvalue weighted by Gasteiger charge is -2.29. The quantitative estimate of drug-likeness (QED) is 0.791. The highest BCUT2D eigenvalue weighted by Gasteiger charge is 2.29. The monoisotopic (exact) mass is 387 g/mol. The molecule has 0 bridgehead atoms. The van der Waals surface area contributed by atoms with E-state index >= 15 is 0 Å². The molecule has 1 aliphatic rings. The van der Waals surface area contributed by atoms with Gasteiger partial charge in [-0.05, 0) is 31.0 Å². The lowest BCUT2D eigenvalue weighted by molar-refractivity contribution is 0.316. The summed E-state index contributed by atoms with van der Waals surface area (Å²) in [4.78, 5) is -0.224. The van der Waals surface area contributed by atoms with Gasteiger partial charge in [-0.2, -0.15) is 4.31 Å². The van der Waals surface area contributed by atoms with Gasteiger partial charge in [0.2, 0.25) is 20.0 Å². The van der Waals surface area contributed by atoms with Crippen molar-refractivity contribution < 1.29 is 21.2 Å². The molecule has 1 aliphatic heterocycles. The Kier molecular flexibility index (Phi) is 6.39. The Morgan fingerprint density at radius 3 is 2.48 bits per heavy atom. The Labute approximate surface area is 141 Å². The average molecular weight is 388 g/mol. The number of halogens is 2. The van der Waals surface area contributed by atoms with Gasteiger partial charge in [-0.3, -0.25) is 4.72 Å². The maximum atomic E-state index is 13.9. The molecule has 0 radical (unpaired) electrons. The van der Waals surface area contributed by atoms with Gasteiger partial charge >= 0.3 is 0 Å². The van der Waals surface area contributed by atoms with Crippen LogP contribution in [0.4, 0.5) is 10.1 Å². The molecule has 1 unspecified atom stereocenters. The van der Waals surface area contributed by atoms with Gasteiger partial charge in [0, 0.05) is 19.1 Å². The number of piperidine rings is 1. The number of anilines is 1. The van der Waals surface area contributed by atoms with E-state index in [1.807, 2.05) is 4.72 Å². The molecule has 0 spiro atoms. The van der Waals surface area contributed by atoms with Gasteiger partial charge in [-0.25, -0.2) is 21.2 Å². The van der Waals surface area contributed by atoms with Crippen LogP contribution in [-0.2, 0) is 20.0 Å². The van der Waals surface area contributed by atoms with E-state index in [0.29, 0.717) is 13.0 Å². The van der Waals surface area contributed by atoms with Crippen molar-refractivity contribution in [2.45, 2.75) is 23.8 Å². The average Bonchev–Trinajstić information content (AvgIpc) is 2.39. The minimum absolute atomic E-state index is 0. The number of rotatable bonds is 4. The van der Waals surface area contributed by atoms with Gasteiger partial charge in [-0.15, -0.1) is 12.4 Å². The van der Waals surface area contributed by atoms with Crippen molar-refractivity contribution >= 4 is 38.1 Å². The van der Waals surface area contributed by atoms with Crippen molar-refractivity contribution in [2.24, 2.45) is 5.73 Å². The topological polar surface area (TPSA) is 110 Å². The van der Waals surface area contributed by atoms with E-state index in [1.165, 1.54) is 10.4 Å². The molecule has 0 amide bonds. The molecule has 0 saturated carbocycles. The van der Waals surface area contributed by atoms with Gasteiger partial charge < -0.3 is 5.73 Å². The third kappa shape index (κ3) is 5.01. The largest absolute Gasteiger partial charge is 0.327 e. The second kappa shape index (κ2) is 7.31. The minimum Gasteiger partial charge on any atom is -0.327 e. The summed E-state index contributed by atoms with van der Waals surface area (Å²) in [5, 5.41) is 0. The first-order valence-electron chi connectivity index (χ1n) is 6.63. The Morgan fingerprint density at radius 1 is 1.30 bits per heavy atom. The van der Waals surface area contributed by atoms with Crippen molar-refractivity contribution in [1.82, 2.24) is 4.31 Å². The van der Waals surface area contributed by atoms with Gasteiger partial charge in [-0.1, -0.05) is 0 Å². The Morgan fingerprint density at radius 2 is 1.96 bits per heavy atom. The van der Waals surface area contributed by atoms with Crippen LogP contribution in [0.15, 0.2) is 23.1 Å². The predicted octanol–water partition coefficient (Wildman–Crippen LogP) is 0.731. The van der Waals surface area contributed by atoms with Crippen LogP contribution in [0.25, 0.3) is 0 Å². The molecule has 1 aromatic rings. The first-order chi connectivity index (χ1) is 10.1. The zero-order valence-corrected chi connectivity index (χ0v) is 14.8. The van der Waals surface area contributed by atoms with Crippen LogP contribution in [-0.4, -0.2) is 46.5 Å². The SMILES string of the molecule is CS(=O)(=O)Nc1ccc(S(=O)(=O)N2CCCC(N)C2)cc1F.Cl. The highest BCUT2D eigenvalue weighted by atomic mass is 35.5. The second-order valence-corrected chi connectivity index (χ2v) is 8.97. The molecule has 3 N–H and O–H groups in total. The normalized spacial score (nSPS) is 19.9. The summed E-state index contributed by atoms with van der Waals surface area (Å²) in [5.74, 6) is -0.951. The van der Waals surface area contributed by atoms with Crippen LogP contribution in [0.1, 0.15) is 12.8 Å². The van der Waals surface area contributed by atoms with Crippen LogP contribution in [0.2, 0.25) is 0 Å². The number of nitrogens with two attached hydrogens (primary N) is 1. The Balaban J connectivity index is 0.00000264. The van der Waals surface area contributed by atoms with Crippen LogP contribution in [0.3, 0.4) is 0 Å². The van der Waals surface area contributed by atoms with E-state index in [0.717, 1.165) is 24.8 Å². The maximum absolute atomic E-state index is 13.9. The highest BCUT2D eigenvalue weighted by molar-refractivity contribution is 7.92. The second-order valence-electron chi connectivity index (χ2n) is 5.28. The van der Waals surface area contributed by atoms with E-state index in [-0.39, 0.29) is 35.6 Å². The third-order valence-corrected chi connectivity index (χ3v) is 5.75. The summed E-state index contributed by atoms with van der Waals surface area (Å²) in [6.07, 6.45) is 2.28. The lowest BCUT2D eigenvalue weighted by Crippen LogP contribution is -2.45. The number of nitrogens with zero attached hydrogens (tertiary/aromatic N) is 1. The molecular formula is C12H19ClFN3O4S2. The van der Waals surface area contributed by atoms with Crippen molar-refractivity contribution in [3.63, 3.8) is 0 Å². The molecule has 7 nitrogen and oxygen atoms in total. The summed E-state index contributed by atoms with van der Waals surface area (Å²) >= 11 is 0. The minimum atomic E-state index is -3.84. The molecule has 23 heavy (non-hydrogen) atoms. The zero-order chi connectivity index (χ0) is 16.5. The first-order valence-corrected chi connectivity index (χ1v) is 9.96. The fraction of sp³-hybridized carbons (Fsp3) is 0.500. The molecule has 11 heteroatoms. The zero-order valence-electron chi connectivity index (χ0n) is 12.4. The van der Waals surface area contributed by atoms with Gasteiger partial charge in [0.25, 0.3) is 0 Å². The maximum Gasteiger partial charge on any atom is 0.243 e. The molecule has 0 aromatic heterocycles. The molecule has 1 aromatic carbocycles. The first kappa shape index (κ1) is 20.1. The van der Waals surface area contributed by atoms with E-state index < -0.39 is 25.9 Å². The highest BCUT2D eigenvalue weighted by Crippen LogP contribution is 2.24. The van der Waals surface area contributed by atoms with Crippen LogP contribution in [0, 0.1) is 5.82 Å².